The predicted molar refractivity (Wildman–Crippen MR) is 78.8 cm³/mol. The first kappa shape index (κ1) is 13.4. The molecule has 3 N–H and O–H groups in total. The van der Waals surface area contributed by atoms with E-state index in [0.717, 1.165) is 12.8 Å². The Balaban J connectivity index is 1.92. The summed E-state index contributed by atoms with van der Waals surface area (Å²) in [6.45, 7) is 0. The molecular weight excluding hydrogens is 266 g/mol. The minimum atomic E-state index is 0.300. The summed E-state index contributed by atoms with van der Waals surface area (Å²) in [7, 11) is 0. The van der Waals surface area contributed by atoms with Gasteiger partial charge in [-0.1, -0.05) is 19.3 Å². The number of nitrogens with two attached hydrogens (primary N) is 1. The smallest absolute Gasteiger partial charge is 0.169 e. The maximum atomic E-state index is 9.33. The van der Waals surface area contributed by atoms with Crippen molar-refractivity contribution in [2.24, 2.45) is 0 Å². The molecule has 0 bridgehead atoms. The number of hydrogen-bond donors (Lipinski definition) is 2. The van der Waals surface area contributed by atoms with Crippen LogP contribution in [0.1, 0.15) is 37.7 Å². The summed E-state index contributed by atoms with van der Waals surface area (Å²) in [4.78, 5) is 7.99. The molecular formula is C14H17N7. The van der Waals surface area contributed by atoms with E-state index in [1.807, 2.05) is 0 Å². The highest BCUT2D eigenvalue weighted by Crippen LogP contribution is 2.27. The van der Waals surface area contributed by atoms with E-state index in [1.54, 1.807) is 12.3 Å². The van der Waals surface area contributed by atoms with Gasteiger partial charge in [0.1, 0.15) is 23.8 Å². The molecule has 0 amide bonds. The van der Waals surface area contributed by atoms with E-state index < -0.39 is 0 Å². The Labute approximate surface area is 122 Å². The second-order valence-electron chi connectivity index (χ2n) is 5.18. The number of nitrogen functional groups attached to an aromatic ring is 1. The van der Waals surface area contributed by atoms with Gasteiger partial charge in [-0.15, -0.1) is 5.10 Å². The molecule has 0 spiro atoms. The van der Waals surface area contributed by atoms with Gasteiger partial charge in [-0.2, -0.15) is 9.94 Å². The van der Waals surface area contributed by atoms with Crippen LogP contribution in [-0.4, -0.2) is 25.8 Å². The number of anilines is 2. The van der Waals surface area contributed by atoms with E-state index in [2.05, 4.69) is 26.5 Å². The molecule has 0 aliphatic heterocycles. The van der Waals surface area contributed by atoms with E-state index in [1.165, 1.54) is 30.3 Å². The van der Waals surface area contributed by atoms with Gasteiger partial charge in [-0.05, 0) is 12.8 Å². The minimum Gasteiger partial charge on any atom is -0.382 e. The molecule has 7 nitrogen and oxygen atoms in total. The zero-order valence-electron chi connectivity index (χ0n) is 11.7. The summed E-state index contributed by atoms with van der Waals surface area (Å²) in [5, 5.41) is 17.1. The lowest BCUT2D eigenvalue weighted by Gasteiger charge is -2.22. The van der Waals surface area contributed by atoms with Crippen molar-refractivity contribution >= 4 is 11.6 Å². The highest BCUT2D eigenvalue weighted by molar-refractivity contribution is 5.65. The number of nitrogens with zero attached hydrogens (tertiary/aromatic N) is 5. The van der Waals surface area contributed by atoms with Crippen LogP contribution in [0.5, 0.6) is 0 Å². The molecule has 1 aliphatic rings. The van der Waals surface area contributed by atoms with Crippen molar-refractivity contribution in [1.82, 2.24) is 19.7 Å². The Morgan fingerprint density at radius 1 is 1.33 bits per heavy atom. The largest absolute Gasteiger partial charge is 0.382 e. The van der Waals surface area contributed by atoms with Gasteiger partial charge in [-0.25, -0.2) is 9.97 Å². The molecule has 1 saturated carbocycles. The topological polar surface area (TPSA) is 105 Å². The number of hydrogen-bond acceptors (Lipinski definition) is 6. The van der Waals surface area contributed by atoms with Crippen LogP contribution in [-0.2, 0) is 0 Å². The molecule has 0 aromatic carbocycles. The fraction of sp³-hybridized carbons (Fsp3) is 0.429. The molecule has 21 heavy (non-hydrogen) atoms. The average molecular weight is 283 g/mol. The summed E-state index contributed by atoms with van der Waals surface area (Å²) in [6, 6.07) is 4.19. The van der Waals surface area contributed by atoms with Gasteiger partial charge in [0.15, 0.2) is 11.6 Å². The first-order valence-corrected chi connectivity index (χ1v) is 7.11. The average Bonchev–Trinajstić information content (AvgIpc) is 2.85. The van der Waals surface area contributed by atoms with Crippen molar-refractivity contribution in [3.63, 3.8) is 0 Å². The molecule has 1 fully saturated rings. The highest BCUT2D eigenvalue weighted by Gasteiger charge is 2.21. The molecule has 2 aromatic rings. The Kier molecular flexibility index (Phi) is 3.69. The second kappa shape index (κ2) is 5.79. The third-order valence-corrected chi connectivity index (χ3v) is 3.76. The lowest BCUT2D eigenvalue weighted by atomic mass is 9.95. The van der Waals surface area contributed by atoms with Crippen LogP contribution < -0.4 is 11.1 Å². The third kappa shape index (κ3) is 2.65. The number of aromatic nitrogens is 4. The van der Waals surface area contributed by atoms with Crippen LogP contribution in [0.2, 0.25) is 0 Å². The monoisotopic (exact) mass is 283 g/mol. The van der Waals surface area contributed by atoms with Crippen LogP contribution in [0.4, 0.5) is 11.6 Å². The summed E-state index contributed by atoms with van der Waals surface area (Å²) in [5.74, 6) is 1.39. The normalized spacial score (nSPS) is 15.6. The molecule has 108 valence electrons. The van der Waals surface area contributed by atoms with Crippen molar-refractivity contribution in [2.45, 2.75) is 38.1 Å². The van der Waals surface area contributed by atoms with Crippen molar-refractivity contribution in [3.05, 3.63) is 24.2 Å². The Morgan fingerprint density at radius 2 is 2.14 bits per heavy atom. The van der Waals surface area contributed by atoms with E-state index in [0.29, 0.717) is 29.1 Å². The molecule has 2 heterocycles. The summed E-state index contributed by atoms with van der Waals surface area (Å²) >= 11 is 0. The zero-order chi connectivity index (χ0) is 14.7. The van der Waals surface area contributed by atoms with Gasteiger partial charge in [-0.3, -0.25) is 0 Å². The lowest BCUT2D eigenvalue weighted by Crippen LogP contribution is -2.23. The second-order valence-corrected chi connectivity index (χ2v) is 5.18. The first-order chi connectivity index (χ1) is 10.3. The fourth-order valence-corrected chi connectivity index (χ4v) is 2.67. The van der Waals surface area contributed by atoms with Crippen molar-refractivity contribution in [2.75, 3.05) is 11.1 Å². The minimum absolute atomic E-state index is 0.300. The van der Waals surface area contributed by atoms with Gasteiger partial charge in [0.25, 0.3) is 0 Å². The summed E-state index contributed by atoms with van der Waals surface area (Å²) in [5.41, 5.74) is 6.40. The number of rotatable bonds is 3. The van der Waals surface area contributed by atoms with Crippen molar-refractivity contribution in [1.29, 1.82) is 5.26 Å². The predicted octanol–water partition coefficient (Wildman–Crippen LogP) is 1.86. The van der Waals surface area contributed by atoms with Gasteiger partial charge in [0.05, 0.1) is 0 Å². The van der Waals surface area contributed by atoms with Crippen LogP contribution >= 0.6 is 0 Å². The highest BCUT2D eigenvalue weighted by atomic mass is 15.4. The molecule has 0 atom stereocenters. The first-order valence-electron chi connectivity index (χ1n) is 7.11. The SMILES string of the molecule is N#Cc1c(NC2CCCCC2)nn(-c2ccncn2)c1N. The van der Waals surface area contributed by atoms with Crippen LogP contribution in [0.3, 0.4) is 0 Å². The Hall–Kier alpha value is -2.62. The molecule has 0 saturated heterocycles. The number of nitriles is 1. The lowest BCUT2D eigenvalue weighted by molar-refractivity contribution is 0.461. The molecule has 0 unspecified atom stereocenters. The maximum Gasteiger partial charge on any atom is 0.169 e. The fourth-order valence-electron chi connectivity index (χ4n) is 2.67. The van der Waals surface area contributed by atoms with Gasteiger partial charge in [0, 0.05) is 18.3 Å². The van der Waals surface area contributed by atoms with Crippen LogP contribution in [0.15, 0.2) is 18.6 Å². The Morgan fingerprint density at radius 3 is 2.81 bits per heavy atom. The quantitative estimate of drug-likeness (QED) is 0.890. The Bertz CT molecular complexity index is 650. The van der Waals surface area contributed by atoms with Crippen molar-refractivity contribution < 1.29 is 0 Å². The zero-order valence-corrected chi connectivity index (χ0v) is 11.7. The molecule has 3 rings (SSSR count). The van der Waals surface area contributed by atoms with Gasteiger partial charge >= 0.3 is 0 Å². The summed E-state index contributed by atoms with van der Waals surface area (Å²) < 4.78 is 1.48. The van der Waals surface area contributed by atoms with E-state index in [4.69, 9.17) is 5.73 Å². The van der Waals surface area contributed by atoms with Gasteiger partial charge < -0.3 is 11.1 Å². The molecule has 2 aromatic heterocycles. The van der Waals surface area contributed by atoms with E-state index >= 15 is 0 Å². The van der Waals surface area contributed by atoms with Crippen LogP contribution in [0, 0.1) is 11.3 Å². The molecule has 0 radical (unpaired) electrons. The van der Waals surface area contributed by atoms with E-state index in [9.17, 15) is 5.26 Å². The summed E-state index contributed by atoms with van der Waals surface area (Å²) in [6.07, 6.45) is 8.95. The third-order valence-electron chi connectivity index (χ3n) is 3.76. The van der Waals surface area contributed by atoms with E-state index in [-0.39, 0.29) is 0 Å². The molecule has 7 heteroatoms. The maximum absolute atomic E-state index is 9.33. The molecule has 1 aliphatic carbocycles. The van der Waals surface area contributed by atoms with Crippen molar-refractivity contribution in [3.8, 4) is 11.9 Å². The standard InChI is InChI=1S/C14H17N7/c15-8-11-13(16)21(12-6-7-17-9-18-12)20-14(11)19-10-4-2-1-3-5-10/h6-7,9-10H,1-5,16H2,(H,19,20). The van der Waals surface area contributed by atoms with Crippen LogP contribution in [0.25, 0.3) is 5.82 Å². The van der Waals surface area contributed by atoms with Gasteiger partial charge in [0.2, 0.25) is 0 Å². The number of nitrogens with one attached hydrogen (secondary N) is 1.